The lowest BCUT2D eigenvalue weighted by Crippen LogP contribution is -2.46. The lowest BCUT2D eigenvalue weighted by molar-refractivity contribution is 0.0717. The molecule has 0 amide bonds. The van der Waals surface area contributed by atoms with E-state index in [0.717, 1.165) is 6.42 Å². The van der Waals surface area contributed by atoms with Gasteiger partial charge in [0.05, 0.1) is 6.04 Å². The third-order valence-corrected chi connectivity index (χ3v) is 2.53. The Morgan fingerprint density at radius 2 is 2.25 bits per heavy atom. The van der Waals surface area contributed by atoms with E-state index in [0.29, 0.717) is 6.42 Å². The molecule has 0 aromatic heterocycles. The van der Waals surface area contributed by atoms with Gasteiger partial charge in [-0.25, -0.2) is 0 Å². The number of rotatable bonds is 2. The lowest BCUT2D eigenvalue weighted by atomic mass is 9.85. The number of hydrogen-bond donors (Lipinski definition) is 2. The van der Waals surface area contributed by atoms with Crippen LogP contribution < -0.4 is 5.73 Å². The summed E-state index contributed by atoms with van der Waals surface area (Å²) in [6, 6.07) is -0.248. The van der Waals surface area contributed by atoms with Crippen LogP contribution in [0.25, 0.3) is 0 Å². The molecular weight excluding hydrogens is 150 g/mol. The molecule has 1 rings (SSSR count). The van der Waals surface area contributed by atoms with Gasteiger partial charge in [-0.1, -0.05) is 37.6 Å². The van der Waals surface area contributed by atoms with Crippen LogP contribution in [-0.4, -0.2) is 16.7 Å². The molecule has 68 valence electrons. The van der Waals surface area contributed by atoms with Crippen molar-refractivity contribution in [3.05, 3.63) is 23.8 Å². The number of nitrogens with two attached hydrogens (primary N) is 1. The average Bonchev–Trinajstić information content (AvgIpc) is 2.10. The van der Waals surface area contributed by atoms with Crippen molar-refractivity contribution in [2.24, 2.45) is 5.73 Å². The van der Waals surface area contributed by atoms with Crippen LogP contribution in [0.15, 0.2) is 23.8 Å². The van der Waals surface area contributed by atoms with Crippen LogP contribution >= 0.6 is 0 Å². The third-order valence-electron chi connectivity index (χ3n) is 2.53. The van der Waals surface area contributed by atoms with Crippen molar-refractivity contribution in [1.29, 1.82) is 0 Å². The zero-order valence-electron chi connectivity index (χ0n) is 7.75. The van der Waals surface area contributed by atoms with Crippen molar-refractivity contribution in [3.63, 3.8) is 0 Å². The molecule has 1 aliphatic rings. The Hall–Kier alpha value is -0.600. The van der Waals surface area contributed by atoms with Gasteiger partial charge in [-0.15, -0.1) is 0 Å². The summed E-state index contributed by atoms with van der Waals surface area (Å²) >= 11 is 0. The van der Waals surface area contributed by atoms with E-state index in [9.17, 15) is 5.11 Å². The maximum Gasteiger partial charge on any atom is 0.101 e. The zero-order chi connectivity index (χ0) is 9.19. The minimum atomic E-state index is -0.821. The van der Waals surface area contributed by atoms with E-state index < -0.39 is 5.60 Å². The Kier molecular flexibility index (Phi) is 2.70. The second kappa shape index (κ2) is 3.42. The van der Waals surface area contributed by atoms with Gasteiger partial charge in [0.25, 0.3) is 0 Å². The highest BCUT2D eigenvalue weighted by molar-refractivity contribution is 5.31. The molecule has 2 nitrogen and oxygen atoms in total. The van der Waals surface area contributed by atoms with Crippen LogP contribution in [0.3, 0.4) is 0 Å². The van der Waals surface area contributed by atoms with Gasteiger partial charge >= 0.3 is 0 Å². The van der Waals surface area contributed by atoms with E-state index in [2.05, 4.69) is 6.92 Å². The topological polar surface area (TPSA) is 46.2 Å². The van der Waals surface area contributed by atoms with Crippen molar-refractivity contribution >= 4 is 0 Å². The summed E-state index contributed by atoms with van der Waals surface area (Å²) in [6.45, 7) is 4.02. The molecule has 0 aromatic rings. The largest absolute Gasteiger partial charge is 0.384 e. The minimum Gasteiger partial charge on any atom is -0.384 e. The van der Waals surface area contributed by atoms with Crippen molar-refractivity contribution in [2.45, 2.75) is 38.3 Å². The molecule has 0 aromatic carbocycles. The Morgan fingerprint density at radius 3 is 2.67 bits per heavy atom. The average molecular weight is 167 g/mol. The third kappa shape index (κ3) is 1.59. The zero-order valence-corrected chi connectivity index (χ0v) is 7.75. The minimum absolute atomic E-state index is 0.248. The highest BCUT2D eigenvalue weighted by Gasteiger charge is 2.30. The molecule has 0 heterocycles. The normalized spacial score (nSPS) is 35.0. The highest BCUT2D eigenvalue weighted by Crippen LogP contribution is 2.24. The Balaban J connectivity index is 2.81. The van der Waals surface area contributed by atoms with E-state index in [1.807, 2.05) is 25.2 Å². The van der Waals surface area contributed by atoms with Crippen LogP contribution in [0.2, 0.25) is 0 Å². The van der Waals surface area contributed by atoms with Crippen LogP contribution in [0.4, 0.5) is 0 Å². The molecule has 0 spiro atoms. The van der Waals surface area contributed by atoms with E-state index in [4.69, 9.17) is 5.73 Å². The molecule has 2 heteroatoms. The first-order valence-electron chi connectivity index (χ1n) is 4.50. The van der Waals surface area contributed by atoms with Crippen molar-refractivity contribution in [2.75, 3.05) is 0 Å². The molecule has 12 heavy (non-hydrogen) atoms. The van der Waals surface area contributed by atoms with Gasteiger partial charge in [0.1, 0.15) is 5.60 Å². The molecule has 1 aliphatic carbocycles. The maximum atomic E-state index is 9.91. The van der Waals surface area contributed by atoms with Crippen LogP contribution in [0.1, 0.15) is 26.7 Å². The summed E-state index contributed by atoms with van der Waals surface area (Å²) in [4.78, 5) is 0. The van der Waals surface area contributed by atoms with Crippen LogP contribution in [0, 0.1) is 0 Å². The summed E-state index contributed by atoms with van der Waals surface area (Å²) < 4.78 is 0. The molecule has 0 saturated heterocycles. The van der Waals surface area contributed by atoms with Crippen molar-refractivity contribution in [3.8, 4) is 0 Å². The fourth-order valence-corrected chi connectivity index (χ4v) is 1.38. The van der Waals surface area contributed by atoms with Gasteiger partial charge < -0.3 is 10.8 Å². The fraction of sp³-hybridized carbons (Fsp3) is 0.600. The Bertz CT molecular complexity index is 220. The molecular formula is C10H17NO. The van der Waals surface area contributed by atoms with E-state index >= 15 is 0 Å². The quantitative estimate of drug-likeness (QED) is 0.652. The fourth-order valence-electron chi connectivity index (χ4n) is 1.38. The number of allylic oxidation sites excluding steroid dienone is 2. The Labute approximate surface area is 73.8 Å². The molecule has 2 atom stereocenters. The van der Waals surface area contributed by atoms with Gasteiger partial charge in [-0.3, -0.25) is 0 Å². The number of aliphatic hydroxyl groups is 1. The molecule has 0 aliphatic heterocycles. The summed E-state index contributed by atoms with van der Waals surface area (Å²) in [6.07, 6.45) is 7.37. The first-order valence-corrected chi connectivity index (χ1v) is 4.50. The van der Waals surface area contributed by atoms with Gasteiger partial charge in [0.2, 0.25) is 0 Å². The monoisotopic (exact) mass is 167 g/mol. The van der Waals surface area contributed by atoms with E-state index in [1.165, 1.54) is 5.57 Å². The second-order valence-corrected chi connectivity index (χ2v) is 3.30. The molecule has 2 unspecified atom stereocenters. The van der Waals surface area contributed by atoms with E-state index in [1.54, 1.807) is 0 Å². The van der Waals surface area contributed by atoms with Crippen LogP contribution in [0.5, 0.6) is 0 Å². The lowest BCUT2D eigenvalue weighted by Gasteiger charge is -2.31. The Morgan fingerprint density at radius 1 is 1.58 bits per heavy atom. The molecule has 3 N–H and O–H groups in total. The van der Waals surface area contributed by atoms with Gasteiger partial charge in [0.15, 0.2) is 0 Å². The molecule has 0 bridgehead atoms. The molecule has 0 radical (unpaired) electrons. The van der Waals surface area contributed by atoms with Gasteiger partial charge in [-0.05, 0) is 12.8 Å². The van der Waals surface area contributed by atoms with Gasteiger partial charge in [0, 0.05) is 0 Å². The summed E-state index contributed by atoms with van der Waals surface area (Å²) in [5, 5.41) is 9.91. The molecule has 0 saturated carbocycles. The smallest absolute Gasteiger partial charge is 0.101 e. The predicted octanol–water partition coefficient (Wildman–Crippen LogP) is 1.36. The highest BCUT2D eigenvalue weighted by atomic mass is 16.3. The van der Waals surface area contributed by atoms with Crippen molar-refractivity contribution in [1.82, 2.24) is 0 Å². The van der Waals surface area contributed by atoms with E-state index in [-0.39, 0.29) is 6.04 Å². The summed E-state index contributed by atoms with van der Waals surface area (Å²) in [5.41, 5.74) is 6.20. The second-order valence-electron chi connectivity index (χ2n) is 3.30. The predicted molar refractivity (Wildman–Crippen MR) is 50.7 cm³/mol. The summed E-state index contributed by atoms with van der Waals surface area (Å²) in [5.74, 6) is 0. The van der Waals surface area contributed by atoms with Gasteiger partial charge in [-0.2, -0.15) is 0 Å². The summed E-state index contributed by atoms with van der Waals surface area (Å²) in [7, 11) is 0. The molecule has 0 fully saturated rings. The first-order chi connectivity index (χ1) is 5.62. The standard InChI is InChI=1S/C10H17NO/c1-3-8-5-6-10(12,4-2)9(11)7-8/h5-7,9,12H,3-4,11H2,1-2H3. The SMILES string of the molecule is CCC1=CC(N)C(O)(CC)C=C1. The number of hydrogen-bond acceptors (Lipinski definition) is 2. The maximum absolute atomic E-state index is 9.91. The van der Waals surface area contributed by atoms with Crippen LogP contribution in [-0.2, 0) is 0 Å². The first kappa shape index (κ1) is 9.49. The van der Waals surface area contributed by atoms with Crippen molar-refractivity contribution < 1.29 is 5.11 Å².